The minimum absolute atomic E-state index is 0.127. The van der Waals surface area contributed by atoms with Gasteiger partial charge in [0.15, 0.2) is 11.6 Å². The Morgan fingerprint density at radius 2 is 2.06 bits per heavy atom. The second-order valence-electron chi connectivity index (χ2n) is 4.42. The molecule has 0 amide bonds. The zero-order valence-electron chi connectivity index (χ0n) is 11.2. The Hall–Kier alpha value is -1.00. The molecule has 2 nitrogen and oxygen atoms in total. The van der Waals surface area contributed by atoms with Crippen molar-refractivity contribution in [2.24, 2.45) is 0 Å². The van der Waals surface area contributed by atoms with Crippen molar-refractivity contribution in [3.05, 3.63) is 35.4 Å². The molecule has 0 saturated heterocycles. The second kappa shape index (κ2) is 7.44. The van der Waals surface area contributed by atoms with Crippen LogP contribution in [-0.2, 0) is 4.74 Å². The Kier molecular flexibility index (Phi) is 6.22. The Morgan fingerprint density at radius 3 is 2.67 bits per heavy atom. The molecule has 0 heterocycles. The lowest BCUT2D eigenvalue weighted by Gasteiger charge is -2.20. The summed E-state index contributed by atoms with van der Waals surface area (Å²) in [6.45, 7) is 4.40. The highest BCUT2D eigenvalue weighted by Crippen LogP contribution is 2.20. The first-order valence-corrected chi connectivity index (χ1v) is 6.32. The molecule has 18 heavy (non-hydrogen) atoms. The lowest BCUT2D eigenvalue weighted by atomic mass is 10.1. The molecule has 1 rings (SSSR count). The molecule has 0 bridgehead atoms. The van der Waals surface area contributed by atoms with Crippen molar-refractivity contribution in [2.75, 3.05) is 13.7 Å². The van der Waals surface area contributed by atoms with Gasteiger partial charge in [-0.15, -0.1) is 0 Å². The highest BCUT2D eigenvalue weighted by atomic mass is 19.2. The third-order valence-electron chi connectivity index (χ3n) is 2.95. The molecular weight excluding hydrogens is 236 g/mol. The highest BCUT2D eigenvalue weighted by Gasteiger charge is 2.17. The van der Waals surface area contributed by atoms with E-state index in [2.05, 4.69) is 12.2 Å². The number of hydrogen-bond donors (Lipinski definition) is 1. The molecule has 1 aromatic carbocycles. The molecule has 0 fully saturated rings. The van der Waals surface area contributed by atoms with E-state index in [1.165, 1.54) is 6.07 Å². The number of halogens is 2. The van der Waals surface area contributed by atoms with E-state index in [1.807, 2.05) is 6.92 Å². The molecule has 2 unspecified atom stereocenters. The Balaban J connectivity index is 2.68. The van der Waals surface area contributed by atoms with Crippen LogP contribution in [0.15, 0.2) is 18.2 Å². The predicted molar refractivity (Wildman–Crippen MR) is 68.5 cm³/mol. The van der Waals surface area contributed by atoms with Gasteiger partial charge in [0, 0.05) is 5.56 Å². The van der Waals surface area contributed by atoms with Gasteiger partial charge in [-0.25, -0.2) is 8.78 Å². The van der Waals surface area contributed by atoms with Crippen molar-refractivity contribution in [3.8, 4) is 0 Å². The maximum absolute atomic E-state index is 13.6. The van der Waals surface area contributed by atoms with E-state index in [9.17, 15) is 8.78 Å². The largest absolute Gasteiger partial charge is 0.377 e. The number of nitrogens with one attached hydrogen (secondary N) is 1. The van der Waals surface area contributed by atoms with Crippen molar-refractivity contribution in [1.29, 1.82) is 0 Å². The fourth-order valence-corrected chi connectivity index (χ4v) is 1.87. The second-order valence-corrected chi connectivity index (χ2v) is 4.42. The molecule has 1 N–H and O–H groups in total. The van der Waals surface area contributed by atoms with Crippen LogP contribution in [0.25, 0.3) is 0 Å². The van der Waals surface area contributed by atoms with Crippen LogP contribution in [0, 0.1) is 11.6 Å². The predicted octanol–water partition coefficient (Wildman–Crippen LogP) is 3.43. The minimum atomic E-state index is -0.825. The lowest BCUT2D eigenvalue weighted by Crippen LogP contribution is -2.25. The van der Waals surface area contributed by atoms with Gasteiger partial charge in [0.05, 0.1) is 18.8 Å². The standard InChI is InChI=1S/C14H21F2NO/c1-4-6-10(2)18-9-13(17-3)11-7-5-8-12(15)14(11)16/h5,7-8,10,13,17H,4,6,9H2,1-3H3. The molecule has 2 atom stereocenters. The third-order valence-corrected chi connectivity index (χ3v) is 2.95. The number of benzene rings is 1. The summed E-state index contributed by atoms with van der Waals surface area (Å²) >= 11 is 0. The summed E-state index contributed by atoms with van der Waals surface area (Å²) in [5.74, 6) is -1.63. The molecule has 0 saturated carbocycles. The molecule has 0 aromatic heterocycles. The molecule has 0 aliphatic rings. The molecule has 102 valence electrons. The molecule has 0 aliphatic heterocycles. The van der Waals surface area contributed by atoms with E-state index >= 15 is 0 Å². The van der Waals surface area contributed by atoms with Crippen molar-refractivity contribution in [2.45, 2.75) is 38.8 Å². The van der Waals surface area contributed by atoms with Crippen molar-refractivity contribution in [3.63, 3.8) is 0 Å². The zero-order valence-corrected chi connectivity index (χ0v) is 11.2. The van der Waals surface area contributed by atoms with Crippen LogP contribution in [0.5, 0.6) is 0 Å². The normalized spacial score (nSPS) is 14.5. The van der Waals surface area contributed by atoms with E-state index in [0.717, 1.165) is 18.9 Å². The number of likely N-dealkylation sites (N-methyl/N-ethyl adjacent to an activating group) is 1. The summed E-state index contributed by atoms with van der Waals surface area (Å²) in [7, 11) is 1.71. The van der Waals surface area contributed by atoms with E-state index in [-0.39, 0.29) is 12.1 Å². The van der Waals surface area contributed by atoms with Gasteiger partial charge < -0.3 is 10.1 Å². The van der Waals surface area contributed by atoms with E-state index in [1.54, 1.807) is 13.1 Å². The number of rotatable bonds is 7. The quantitative estimate of drug-likeness (QED) is 0.808. The van der Waals surface area contributed by atoms with Crippen molar-refractivity contribution in [1.82, 2.24) is 5.32 Å². The maximum atomic E-state index is 13.6. The average Bonchev–Trinajstić information content (AvgIpc) is 2.35. The van der Waals surface area contributed by atoms with Crippen molar-refractivity contribution >= 4 is 0 Å². The Labute approximate surface area is 107 Å². The third kappa shape index (κ3) is 4.03. The van der Waals surface area contributed by atoms with E-state index in [4.69, 9.17) is 4.74 Å². The summed E-state index contributed by atoms with van der Waals surface area (Å²) in [6, 6.07) is 3.87. The van der Waals surface area contributed by atoms with Gasteiger partial charge in [-0.2, -0.15) is 0 Å². The molecule has 0 radical (unpaired) electrons. The van der Waals surface area contributed by atoms with E-state index in [0.29, 0.717) is 12.2 Å². The van der Waals surface area contributed by atoms with Gasteiger partial charge in [0.25, 0.3) is 0 Å². The fraction of sp³-hybridized carbons (Fsp3) is 0.571. The summed E-state index contributed by atoms with van der Waals surface area (Å²) in [6.07, 6.45) is 2.13. The molecule has 0 aliphatic carbocycles. The van der Waals surface area contributed by atoms with Crippen LogP contribution in [0.3, 0.4) is 0 Å². The smallest absolute Gasteiger partial charge is 0.163 e. The monoisotopic (exact) mass is 257 g/mol. The average molecular weight is 257 g/mol. The molecule has 4 heteroatoms. The maximum Gasteiger partial charge on any atom is 0.163 e. The zero-order chi connectivity index (χ0) is 13.5. The van der Waals surface area contributed by atoms with Gasteiger partial charge in [-0.05, 0) is 26.5 Å². The molecule has 1 aromatic rings. The molecular formula is C14H21F2NO. The number of ether oxygens (including phenoxy) is 1. The first kappa shape index (κ1) is 15.1. The topological polar surface area (TPSA) is 21.3 Å². The summed E-state index contributed by atoms with van der Waals surface area (Å²) in [5, 5.41) is 2.95. The van der Waals surface area contributed by atoms with Gasteiger partial charge in [-0.1, -0.05) is 25.5 Å². The fourth-order valence-electron chi connectivity index (χ4n) is 1.87. The SMILES string of the molecule is CCCC(C)OCC(NC)c1cccc(F)c1F. The van der Waals surface area contributed by atoms with Crippen molar-refractivity contribution < 1.29 is 13.5 Å². The van der Waals surface area contributed by atoms with Gasteiger partial charge in [0.2, 0.25) is 0 Å². The number of hydrogen-bond acceptors (Lipinski definition) is 2. The van der Waals surface area contributed by atoms with Gasteiger partial charge in [-0.3, -0.25) is 0 Å². The summed E-state index contributed by atoms with van der Waals surface area (Å²) in [4.78, 5) is 0. The summed E-state index contributed by atoms with van der Waals surface area (Å²) in [5.41, 5.74) is 0.307. The van der Waals surface area contributed by atoms with Gasteiger partial charge >= 0.3 is 0 Å². The molecule has 0 spiro atoms. The first-order valence-electron chi connectivity index (χ1n) is 6.32. The minimum Gasteiger partial charge on any atom is -0.377 e. The lowest BCUT2D eigenvalue weighted by molar-refractivity contribution is 0.0446. The van der Waals surface area contributed by atoms with Crippen LogP contribution in [0.1, 0.15) is 38.3 Å². The van der Waals surface area contributed by atoms with E-state index < -0.39 is 11.6 Å². The highest BCUT2D eigenvalue weighted by molar-refractivity contribution is 5.22. The van der Waals surface area contributed by atoms with Crippen LogP contribution in [-0.4, -0.2) is 19.8 Å². The Morgan fingerprint density at radius 1 is 1.33 bits per heavy atom. The first-order chi connectivity index (χ1) is 8.60. The van der Waals surface area contributed by atoms with Crippen LogP contribution < -0.4 is 5.32 Å². The summed E-state index contributed by atoms with van der Waals surface area (Å²) < 4.78 is 32.4. The van der Waals surface area contributed by atoms with Gasteiger partial charge in [0.1, 0.15) is 0 Å². The van der Waals surface area contributed by atoms with Crippen LogP contribution in [0.2, 0.25) is 0 Å². The Bertz CT molecular complexity index is 371. The van der Waals surface area contributed by atoms with Crippen LogP contribution in [0.4, 0.5) is 8.78 Å². The van der Waals surface area contributed by atoms with Crippen LogP contribution >= 0.6 is 0 Å².